The summed E-state index contributed by atoms with van der Waals surface area (Å²) in [6, 6.07) is 16.9. The van der Waals surface area contributed by atoms with E-state index in [4.69, 9.17) is 9.47 Å². The van der Waals surface area contributed by atoms with E-state index < -0.39 is 10.8 Å². The molecular formula is C21H19N3O3S. The minimum Gasteiger partial charge on any atom is -0.497 e. The number of hydrogen-bond donors (Lipinski definition) is 1. The molecule has 0 spiro atoms. The number of aromatic amines is 1. The van der Waals surface area contributed by atoms with Gasteiger partial charge in [0.2, 0.25) is 0 Å². The number of nitrogens with one attached hydrogen (secondary N) is 1. The fraction of sp³-hybridized carbons (Fsp3) is 0.143. The van der Waals surface area contributed by atoms with Crippen LogP contribution in [0.4, 0.5) is 0 Å². The molecule has 1 N–H and O–H groups in total. The molecule has 4 aromatic rings. The highest BCUT2D eigenvalue weighted by molar-refractivity contribution is 7.84. The molecule has 7 heteroatoms. The van der Waals surface area contributed by atoms with Gasteiger partial charge in [-0.2, -0.15) is 0 Å². The summed E-state index contributed by atoms with van der Waals surface area (Å²) in [6.45, 7) is 2.03. The van der Waals surface area contributed by atoms with E-state index in [0.29, 0.717) is 16.6 Å². The Labute approximate surface area is 165 Å². The number of fused-ring (bicyclic) bond motifs is 1. The van der Waals surface area contributed by atoms with Crippen LogP contribution in [0.5, 0.6) is 17.2 Å². The van der Waals surface area contributed by atoms with Crippen molar-refractivity contribution >= 4 is 21.8 Å². The molecular weight excluding hydrogens is 374 g/mol. The molecule has 2 heterocycles. The first-order chi connectivity index (χ1) is 13.6. The van der Waals surface area contributed by atoms with Crippen LogP contribution in [0, 0.1) is 6.92 Å². The van der Waals surface area contributed by atoms with Gasteiger partial charge in [0, 0.05) is 18.3 Å². The third-order valence-corrected chi connectivity index (χ3v) is 5.39. The van der Waals surface area contributed by atoms with Crippen molar-refractivity contribution < 1.29 is 13.7 Å². The van der Waals surface area contributed by atoms with E-state index in [1.54, 1.807) is 25.4 Å². The minimum atomic E-state index is -1.36. The van der Waals surface area contributed by atoms with Crippen molar-refractivity contribution in [1.29, 1.82) is 0 Å². The number of imidazole rings is 1. The molecule has 1 atom stereocenters. The maximum absolute atomic E-state index is 12.8. The third kappa shape index (κ3) is 4.04. The first-order valence-corrected chi connectivity index (χ1v) is 10.0. The van der Waals surface area contributed by atoms with E-state index in [9.17, 15) is 4.21 Å². The number of pyridine rings is 1. The van der Waals surface area contributed by atoms with Gasteiger partial charge >= 0.3 is 0 Å². The molecule has 0 radical (unpaired) electrons. The van der Waals surface area contributed by atoms with Crippen LogP contribution in [0.1, 0.15) is 11.3 Å². The van der Waals surface area contributed by atoms with E-state index in [1.807, 2.05) is 49.4 Å². The average Bonchev–Trinajstić information content (AvgIpc) is 3.13. The van der Waals surface area contributed by atoms with E-state index in [-0.39, 0.29) is 5.75 Å². The van der Waals surface area contributed by atoms with Crippen molar-refractivity contribution in [3.05, 3.63) is 72.1 Å². The number of methoxy groups -OCH3 is 1. The zero-order valence-electron chi connectivity index (χ0n) is 15.5. The Morgan fingerprint density at radius 3 is 2.57 bits per heavy atom. The summed E-state index contributed by atoms with van der Waals surface area (Å²) in [6.07, 6.45) is 1.65. The van der Waals surface area contributed by atoms with Gasteiger partial charge in [0.15, 0.2) is 5.16 Å². The zero-order valence-corrected chi connectivity index (χ0v) is 16.3. The van der Waals surface area contributed by atoms with Gasteiger partial charge in [0.1, 0.15) is 17.2 Å². The summed E-state index contributed by atoms with van der Waals surface area (Å²) < 4.78 is 23.8. The summed E-state index contributed by atoms with van der Waals surface area (Å²) in [5.74, 6) is 2.36. The van der Waals surface area contributed by atoms with Gasteiger partial charge in [-0.05, 0) is 37.3 Å². The molecule has 142 valence electrons. The number of nitrogens with zero attached hydrogens (tertiary/aromatic N) is 2. The lowest BCUT2D eigenvalue weighted by Gasteiger charge is -2.07. The molecule has 28 heavy (non-hydrogen) atoms. The first kappa shape index (κ1) is 18.2. The molecule has 2 aromatic carbocycles. The number of hydrogen-bond acceptors (Lipinski definition) is 5. The van der Waals surface area contributed by atoms with Crippen molar-refractivity contribution in [3.63, 3.8) is 0 Å². The van der Waals surface area contributed by atoms with E-state index in [1.165, 1.54) is 5.56 Å². The Kier molecular flexibility index (Phi) is 5.08. The number of rotatable bonds is 6. The predicted octanol–water partition coefficient (Wildman–Crippen LogP) is 4.38. The molecule has 0 bridgehead atoms. The number of H-pyrrole nitrogens is 1. The SMILES string of the molecule is COc1ccc2nc(S(=O)Cc3cc(Oc4ccc(C)cc4)ccn3)[nH]c2c1. The fourth-order valence-corrected chi connectivity index (χ4v) is 3.73. The van der Waals surface area contributed by atoms with Gasteiger partial charge < -0.3 is 14.5 Å². The Balaban J connectivity index is 1.50. The number of ether oxygens (including phenoxy) is 2. The smallest absolute Gasteiger partial charge is 0.197 e. The standard InChI is InChI=1S/C21H19N3O3S/c1-14-3-5-16(6-4-14)27-18-9-10-22-15(11-18)13-28(25)21-23-19-8-7-17(26-2)12-20(19)24-21/h3-12H,13H2,1-2H3,(H,23,24). The van der Waals surface area contributed by atoms with Crippen molar-refractivity contribution in [2.24, 2.45) is 0 Å². The predicted molar refractivity (Wildman–Crippen MR) is 108 cm³/mol. The summed E-state index contributed by atoms with van der Waals surface area (Å²) >= 11 is 0. The monoisotopic (exact) mass is 393 g/mol. The second-order valence-electron chi connectivity index (χ2n) is 6.31. The highest BCUT2D eigenvalue weighted by atomic mass is 32.2. The van der Waals surface area contributed by atoms with E-state index in [2.05, 4.69) is 15.0 Å². The van der Waals surface area contributed by atoms with Crippen LogP contribution in [0.3, 0.4) is 0 Å². The van der Waals surface area contributed by atoms with Crippen LogP contribution in [-0.2, 0) is 16.6 Å². The van der Waals surface area contributed by atoms with Gasteiger partial charge in [-0.3, -0.25) is 9.19 Å². The van der Waals surface area contributed by atoms with Gasteiger partial charge in [-0.25, -0.2) is 4.98 Å². The molecule has 0 aliphatic heterocycles. The molecule has 0 aliphatic carbocycles. The lowest BCUT2D eigenvalue weighted by Crippen LogP contribution is -2.00. The molecule has 0 fully saturated rings. The summed E-state index contributed by atoms with van der Waals surface area (Å²) in [7, 11) is 0.246. The maximum atomic E-state index is 12.8. The third-order valence-electron chi connectivity index (χ3n) is 4.21. The van der Waals surface area contributed by atoms with Crippen LogP contribution < -0.4 is 9.47 Å². The molecule has 6 nitrogen and oxygen atoms in total. The Morgan fingerprint density at radius 1 is 1.00 bits per heavy atom. The lowest BCUT2D eigenvalue weighted by molar-refractivity contribution is 0.415. The molecule has 0 saturated carbocycles. The first-order valence-electron chi connectivity index (χ1n) is 8.72. The number of benzene rings is 2. The van der Waals surface area contributed by atoms with Crippen LogP contribution in [0.25, 0.3) is 11.0 Å². The molecule has 1 unspecified atom stereocenters. The minimum absolute atomic E-state index is 0.238. The Bertz CT molecular complexity index is 1140. The average molecular weight is 393 g/mol. The highest BCUT2D eigenvalue weighted by Gasteiger charge is 2.13. The van der Waals surface area contributed by atoms with Crippen molar-refractivity contribution in [2.75, 3.05) is 7.11 Å². The van der Waals surface area contributed by atoms with Gasteiger partial charge in [0.25, 0.3) is 0 Å². The number of aryl methyl sites for hydroxylation is 1. The molecule has 0 saturated heterocycles. The second kappa shape index (κ2) is 7.82. The van der Waals surface area contributed by atoms with Crippen LogP contribution in [-0.4, -0.2) is 26.3 Å². The molecule has 0 amide bonds. The van der Waals surface area contributed by atoms with Crippen LogP contribution in [0.2, 0.25) is 0 Å². The van der Waals surface area contributed by atoms with Crippen molar-refractivity contribution in [1.82, 2.24) is 15.0 Å². The maximum Gasteiger partial charge on any atom is 0.197 e. The lowest BCUT2D eigenvalue weighted by atomic mass is 10.2. The highest BCUT2D eigenvalue weighted by Crippen LogP contribution is 2.24. The summed E-state index contributed by atoms with van der Waals surface area (Å²) in [5, 5.41) is 0.412. The second-order valence-corrected chi connectivity index (χ2v) is 7.68. The largest absolute Gasteiger partial charge is 0.497 e. The van der Waals surface area contributed by atoms with Gasteiger partial charge in [-0.15, -0.1) is 0 Å². The van der Waals surface area contributed by atoms with Crippen LogP contribution in [0.15, 0.2) is 66.0 Å². The Hall–Kier alpha value is -3.19. The normalized spacial score (nSPS) is 12.1. The van der Waals surface area contributed by atoms with E-state index in [0.717, 1.165) is 22.5 Å². The molecule has 4 rings (SSSR count). The van der Waals surface area contributed by atoms with Gasteiger partial charge in [0.05, 0.1) is 40.4 Å². The summed E-state index contributed by atoms with van der Waals surface area (Å²) in [5.41, 5.74) is 3.36. The van der Waals surface area contributed by atoms with Crippen molar-refractivity contribution in [2.45, 2.75) is 17.8 Å². The summed E-state index contributed by atoms with van der Waals surface area (Å²) in [4.78, 5) is 11.8. The zero-order chi connectivity index (χ0) is 19.5. The van der Waals surface area contributed by atoms with Crippen LogP contribution >= 0.6 is 0 Å². The number of aromatic nitrogens is 3. The van der Waals surface area contributed by atoms with Gasteiger partial charge in [-0.1, -0.05) is 17.7 Å². The topological polar surface area (TPSA) is 77.1 Å². The Morgan fingerprint density at radius 2 is 1.79 bits per heavy atom. The quantitative estimate of drug-likeness (QED) is 0.526. The van der Waals surface area contributed by atoms with Crippen molar-refractivity contribution in [3.8, 4) is 17.2 Å². The fourth-order valence-electron chi connectivity index (χ4n) is 2.74. The molecule has 0 aliphatic rings. The van der Waals surface area contributed by atoms with E-state index >= 15 is 0 Å². The molecule has 2 aromatic heterocycles.